The van der Waals surface area contributed by atoms with Crippen LogP contribution >= 0.6 is 0 Å². The molecule has 0 amide bonds. The quantitative estimate of drug-likeness (QED) is 0.888. The van der Waals surface area contributed by atoms with E-state index in [0.717, 1.165) is 13.1 Å². The second-order valence-corrected chi connectivity index (χ2v) is 5.63. The zero-order chi connectivity index (χ0) is 13.0. The molecule has 3 nitrogen and oxygen atoms in total. The molecule has 2 atom stereocenters. The molecule has 1 heterocycles. The Hall–Kier alpha value is -0.930. The number of hydrogen-bond donors (Lipinski definition) is 1. The highest BCUT2D eigenvalue weighted by atomic mass is 15.1. The van der Waals surface area contributed by atoms with E-state index in [-0.39, 0.29) is 0 Å². The molecule has 1 aromatic heterocycles. The fraction of sp³-hybridized carbons (Fsp3) is 0.667. The van der Waals surface area contributed by atoms with Gasteiger partial charge in [0, 0.05) is 25.0 Å². The Morgan fingerprint density at radius 2 is 2.11 bits per heavy atom. The molecule has 1 saturated carbocycles. The van der Waals surface area contributed by atoms with Gasteiger partial charge in [-0.25, -0.2) is 0 Å². The first-order valence-electron chi connectivity index (χ1n) is 7.01. The largest absolute Gasteiger partial charge is 0.330 e. The maximum Gasteiger partial charge on any atom is 0.0313 e. The van der Waals surface area contributed by atoms with E-state index in [9.17, 15) is 0 Å². The van der Waals surface area contributed by atoms with E-state index in [2.05, 4.69) is 29.9 Å². The van der Waals surface area contributed by atoms with Crippen LogP contribution in [-0.2, 0) is 6.54 Å². The van der Waals surface area contributed by atoms with Crippen molar-refractivity contribution in [2.24, 2.45) is 11.7 Å². The molecule has 1 aliphatic rings. The van der Waals surface area contributed by atoms with E-state index >= 15 is 0 Å². The average molecular weight is 247 g/mol. The van der Waals surface area contributed by atoms with Crippen molar-refractivity contribution in [2.75, 3.05) is 13.6 Å². The summed E-state index contributed by atoms with van der Waals surface area (Å²) in [6.45, 7) is 3.90. The average Bonchev–Trinajstić information content (AvgIpc) is 2.38. The summed E-state index contributed by atoms with van der Waals surface area (Å²) >= 11 is 0. The van der Waals surface area contributed by atoms with Crippen LogP contribution in [0, 0.1) is 12.8 Å². The smallest absolute Gasteiger partial charge is 0.0313 e. The fourth-order valence-corrected chi connectivity index (χ4v) is 3.15. The van der Waals surface area contributed by atoms with Crippen molar-refractivity contribution in [1.29, 1.82) is 0 Å². The van der Waals surface area contributed by atoms with Crippen LogP contribution < -0.4 is 5.73 Å². The molecule has 0 aromatic carbocycles. The van der Waals surface area contributed by atoms with Gasteiger partial charge in [0.2, 0.25) is 0 Å². The summed E-state index contributed by atoms with van der Waals surface area (Å²) in [5.74, 6) is 0.668. The second-order valence-electron chi connectivity index (χ2n) is 5.63. The minimum absolute atomic E-state index is 0.643. The van der Waals surface area contributed by atoms with Gasteiger partial charge in [-0.3, -0.25) is 9.88 Å². The zero-order valence-corrected chi connectivity index (χ0v) is 11.6. The van der Waals surface area contributed by atoms with Crippen LogP contribution in [0.2, 0.25) is 0 Å². The summed E-state index contributed by atoms with van der Waals surface area (Å²) in [6, 6.07) is 2.87. The van der Waals surface area contributed by atoms with Gasteiger partial charge in [0.25, 0.3) is 0 Å². The van der Waals surface area contributed by atoms with Gasteiger partial charge >= 0.3 is 0 Å². The molecule has 1 aliphatic carbocycles. The van der Waals surface area contributed by atoms with Crippen molar-refractivity contribution < 1.29 is 0 Å². The number of nitrogens with two attached hydrogens (primary N) is 1. The molecule has 0 bridgehead atoms. The zero-order valence-electron chi connectivity index (χ0n) is 11.6. The Morgan fingerprint density at radius 1 is 1.33 bits per heavy atom. The van der Waals surface area contributed by atoms with Crippen LogP contribution in [0.4, 0.5) is 0 Å². The first-order chi connectivity index (χ1) is 8.70. The molecule has 0 radical (unpaired) electrons. The Morgan fingerprint density at radius 3 is 2.83 bits per heavy atom. The van der Waals surface area contributed by atoms with Crippen molar-refractivity contribution >= 4 is 0 Å². The van der Waals surface area contributed by atoms with Crippen LogP contribution in [0.25, 0.3) is 0 Å². The topological polar surface area (TPSA) is 42.2 Å². The van der Waals surface area contributed by atoms with Crippen LogP contribution in [0.1, 0.15) is 36.8 Å². The maximum absolute atomic E-state index is 5.91. The highest BCUT2D eigenvalue weighted by Crippen LogP contribution is 2.27. The van der Waals surface area contributed by atoms with E-state index in [1.54, 1.807) is 0 Å². The Bertz CT molecular complexity index is 378. The van der Waals surface area contributed by atoms with Gasteiger partial charge in [0.05, 0.1) is 0 Å². The molecule has 2 unspecified atom stereocenters. The first-order valence-corrected chi connectivity index (χ1v) is 7.01. The Labute approximate surface area is 110 Å². The van der Waals surface area contributed by atoms with Gasteiger partial charge in [-0.2, -0.15) is 0 Å². The minimum Gasteiger partial charge on any atom is -0.330 e. The standard InChI is InChI=1S/C15H25N3/c1-12-7-13(10-17-9-12)11-18(2)15-6-4-3-5-14(15)8-16/h7,9-10,14-15H,3-6,8,11,16H2,1-2H3. The number of nitrogens with zero attached hydrogens (tertiary/aromatic N) is 2. The molecule has 18 heavy (non-hydrogen) atoms. The van der Waals surface area contributed by atoms with Crippen molar-refractivity contribution in [1.82, 2.24) is 9.88 Å². The van der Waals surface area contributed by atoms with Gasteiger partial charge in [0.15, 0.2) is 0 Å². The summed E-state index contributed by atoms with van der Waals surface area (Å²) in [5.41, 5.74) is 8.45. The molecule has 0 spiro atoms. The van der Waals surface area contributed by atoms with Crippen molar-refractivity contribution in [3.63, 3.8) is 0 Å². The third-order valence-corrected chi connectivity index (χ3v) is 4.10. The lowest BCUT2D eigenvalue weighted by Gasteiger charge is -2.37. The molecule has 100 valence electrons. The maximum atomic E-state index is 5.91. The van der Waals surface area contributed by atoms with Crippen LogP contribution in [0.3, 0.4) is 0 Å². The van der Waals surface area contributed by atoms with Crippen molar-refractivity contribution in [3.8, 4) is 0 Å². The normalized spacial score (nSPS) is 24.4. The molecule has 3 heteroatoms. The second kappa shape index (κ2) is 6.30. The predicted octanol–water partition coefficient (Wildman–Crippen LogP) is 2.34. The van der Waals surface area contributed by atoms with E-state index in [1.165, 1.54) is 36.8 Å². The highest BCUT2D eigenvalue weighted by molar-refractivity contribution is 5.16. The molecule has 1 fully saturated rings. The number of aromatic nitrogens is 1. The molecular weight excluding hydrogens is 222 g/mol. The molecule has 1 aromatic rings. The number of pyridine rings is 1. The van der Waals surface area contributed by atoms with E-state index in [0.29, 0.717) is 12.0 Å². The van der Waals surface area contributed by atoms with E-state index in [1.807, 2.05) is 12.4 Å². The van der Waals surface area contributed by atoms with Crippen LogP contribution in [-0.4, -0.2) is 29.5 Å². The summed E-state index contributed by atoms with van der Waals surface area (Å²) in [6.07, 6.45) is 9.15. The van der Waals surface area contributed by atoms with Crippen molar-refractivity contribution in [3.05, 3.63) is 29.6 Å². The van der Waals surface area contributed by atoms with Gasteiger partial charge in [-0.15, -0.1) is 0 Å². The molecule has 2 rings (SSSR count). The Kier molecular flexibility index (Phi) is 4.72. The van der Waals surface area contributed by atoms with E-state index < -0.39 is 0 Å². The Balaban J connectivity index is 1.99. The van der Waals surface area contributed by atoms with E-state index in [4.69, 9.17) is 5.73 Å². The minimum atomic E-state index is 0.643. The third kappa shape index (κ3) is 3.30. The number of hydrogen-bond acceptors (Lipinski definition) is 3. The predicted molar refractivity (Wildman–Crippen MR) is 75.2 cm³/mol. The van der Waals surface area contributed by atoms with Gasteiger partial charge in [-0.05, 0) is 50.4 Å². The summed E-state index contributed by atoms with van der Waals surface area (Å²) < 4.78 is 0. The summed E-state index contributed by atoms with van der Waals surface area (Å²) in [7, 11) is 2.22. The molecule has 2 N–H and O–H groups in total. The lowest BCUT2D eigenvalue weighted by atomic mass is 9.83. The lowest BCUT2D eigenvalue weighted by Crippen LogP contribution is -2.42. The first kappa shape index (κ1) is 13.5. The lowest BCUT2D eigenvalue weighted by molar-refractivity contribution is 0.127. The monoisotopic (exact) mass is 247 g/mol. The van der Waals surface area contributed by atoms with Crippen LogP contribution in [0.15, 0.2) is 18.5 Å². The number of aryl methyl sites for hydroxylation is 1. The van der Waals surface area contributed by atoms with Gasteiger partial charge < -0.3 is 5.73 Å². The van der Waals surface area contributed by atoms with Gasteiger partial charge in [0.1, 0.15) is 0 Å². The highest BCUT2D eigenvalue weighted by Gasteiger charge is 2.27. The van der Waals surface area contributed by atoms with Crippen molar-refractivity contribution in [2.45, 2.75) is 45.2 Å². The number of rotatable bonds is 4. The summed E-state index contributed by atoms with van der Waals surface area (Å²) in [5, 5.41) is 0. The molecule has 0 aliphatic heterocycles. The van der Waals surface area contributed by atoms with Gasteiger partial charge in [-0.1, -0.05) is 18.9 Å². The molecular formula is C15H25N3. The van der Waals surface area contributed by atoms with Crippen LogP contribution in [0.5, 0.6) is 0 Å². The summed E-state index contributed by atoms with van der Waals surface area (Å²) in [4.78, 5) is 6.74. The molecule has 0 saturated heterocycles. The third-order valence-electron chi connectivity index (χ3n) is 4.10. The fourth-order valence-electron chi connectivity index (χ4n) is 3.15. The SMILES string of the molecule is Cc1cncc(CN(C)C2CCCCC2CN)c1.